The Bertz CT molecular complexity index is 243. The molecule has 0 saturated heterocycles. The number of carboxylic acids is 1. The summed E-state index contributed by atoms with van der Waals surface area (Å²) in [7, 11) is 0. The molecule has 0 aromatic rings. The number of aliphatic hydroxyl groups excluding tert-OH is 1. The average Bonchev–Trinajstić information content (AvgIpc) is 2.34. The van der Waals surface area contributed by atoms with Crippen LogP contribution in [0.15, 0.2) is 0 Å². The Morgan fingerprint density at radius 3 is 2.17 bits per heavy atom. The van der Waals surface area contributed by atoms with Crippen LogP contribution in [0, 0.1) is 0 Å². The summed E-state index contributed by atoms with van der Waals surface area (Å²) in [4.78, 5) is 21.6. The van der Waals surface area contributed by atoms with Crippen molar-refractivity contribution in [1.82, 2.24) is 5.32 Å². The number of hydrogen-bond donors (Lipinski definition) is 3. The molecule has 0 rings (SSSR count). The molecular formula is C13H25NO4. The van der Waals surface area contributed by atoms with E-state index in [9.17, 15) is 9.59 Å². The van der Waals surface area contributed by atoms with Crippen molar-refractivity contribution in [3.8, 4) is 0 Å². The largest absolute Gasteiger partial charge is 0.479 e. The van der Waals surface area contributed by atoms with Crippen molar-refractivity contribution in [2.45, 2.75) is 64.4 Å². The van der Waals surface area contributed by atoms with Gasteiger partial charge in [0.1, 0.15) is 0 Å². The van der Waals surface area contributed by atoms with Crippen LogP contribution in [-0.4, -0.2) is 34.7 Å². The third kappa shape index (κ3) is 10.1. The van der Waals surface area contributed by atoms with E-state index in [1.807, 2.05) is 0 Å². The van der Waals surface area contributed by atoms with E-state index in [0.717, 1.165) is 19.3 Å². The second-order valence-corrected chi connectivity index (χ2v) is 4.53. The third-order valence-corrected chi connectivity index (χ3v) is 2.79. The van der Waals surface area contributed by atoms with E-state index < -0.39 is 12.1 Å². The van der Waals surface area contributed by atoms with Crippen LogP contribution < -0.4 is 5.32 Å². The van der Waals surface area contributed by atoms with Crippen molar-refractivity contribution in [3.05, 3.63) is 0 Å². The normalized spacial score (nSPS) is 12.1. The van der Waals surface area contributed by atoms with Crippen LogP contribution in [0.4, 0.5) is 0 Å². The maximum absolute atomic E-state index is 11.3. The zero-order valence-corrected chi connectivity index (χ0v) is 11.2. The number of hydrogen-bond acceptors (Lipinski definition) is 3. The molecule has 0 fully saturated rings. The lowest BCUT2D eigenvalue weighted by Gasteiger charge is -2.07. The van der Waals surface area contributed by atoms with Crippen LogP contribution in [0.25, 0.3) is 0 Å². The Morgan fingerprint density at radius 2 is 1.61 bits per heavy atom. The van der Waals surface area contributed by atoms with Gasteiger partial charge in [0.25, 0.3) is 0 Å². The van der Waals surface area contributed by atoms with Gasteiger partial charge in [0.2, 0.25) is 5.91 Å². The fourth-order valence-electron chi connectivity index (χ4n) is 1.63. The minimum absolute atomic E-state index is 0.191. The van der Waals surface area contributed by atoms with Crippen LogP contribution in [-0.2, 0) is 9.59 Å². The highest BCUT2D eigenvalue weighted by Gasteiger charge is 2.13. The number of carbonyl (C=O) groups is 2. The molecule has 0 heterocycles. The molecule has 5 nitrogen and oxygen atoms in total. The molecule has 106 valence electrons. The molecule has 0 aliphatic rings. The molecule has 3 N–H and O–H groups in total. The van der Waals surface area contributed by atoms with E-state index in [0.29, 0.717) is 6.42 Å². The predicted octanol–water partition coefficient (Wildman–Crippen LogP) is 1.69. The number of unbranched alkanes of at least 4 members (excludes halogenated alkanes) is 6. The van der Waals surface area contributed by atoms with Crippen LogP contribution in [0.3, 0.4) is 0 Å². The zero-order valence-electron chi connectivity index (χ0n) is 11.2. The summed E-state index contributed by atoms with van der Waals surface area (Å²) in [6, 6.07) is 0. The highest BCUT2D eigenvalue weighted by atomic mass is 16.4. The molecule has 1 atom stereocenters. The maximum Gasteiger partial charge on any atom is 0.334 e. The summed E-state index contributed by atoms with van der Waals surface area (Å²) in [6.07, 6.45) is 6.86. The fourth-order valence-corrected chi connectivity index (χ4v) is 1.63. The number of carboxylic acid groups (broad SMARTS) is 1. The number of aliphatic carboxylic acids is 1. The summed E-state index contributed by atoms with van der Waals surface area (Å²) in [5.41, 5.74) is 0. The Kier molecular flexibility index (Phi) is 10.3. The topological polar surface area (TPSA) is 86.6 Å². The van der Waals surface area contributed by atoms with Crippen molar-refractivity contribution >= 4 is 11.9 Å². The van der Waals surface area contributed by atoms with Crippen LogP contribution >= 0.6 is 0 Å². The van der Waals surface area contributed by atoms with E-state index in [2.05, 4.69) is 12.2 Å². The first-order valence-corrected chi connectivity index (χ1v) is 6.75. The minimum atomic E-state index is -1.51. The summed E-state index contributed by atoms with van der Waals surface area (Å²) in [5.74, 6) is -1.50. The molecule has 0 aliphatic heterocycles. The Hall–Kier alpha value is -1.10. The van der Waals surface area contributed by atoms with E-state index in [1.54, 1.807) is 0 Å². The Labute approximate surface area is 109 Å². The number of aliphatic hydroxyl groups is 1. The van der Waals surface area contributed by atoms with E-state index >= 15 is 0 Å². The highest BCUT2D eigenvalue weighted by Crippen LogP contribution is 2.08. The van der Waals surface area contributed by atoms with Crippen molar-refractivity contribution in [2.24, 2.45) is 0 Å². The Morgan fingerprint density at radius 1 is 1.06 bits per heavy atom. The van der Waals surface area contributed by atoms with Gasteiger partial charge < -0.3 is 15.5 Å². The van der Waals surface area contributed by atoms with Crippen LogP contribution in [0.2, 0.25) is 0 Å². The lowest BCUT2D eigenvalue weighted by atomic mass is 10.1. The zero-order chi connectivity index (χ0) is 13.8. The molecule has 5 heteroatoms. The smallest absolute Gasteiger partial charge is 0.334 e. The second kappa shape index (κ2) is 11.0. The van der Waals surface area contributed by atoms with E-state index in [1.165, 1.54) is 25.7 Å². The van der Waals surface area contributed by atoms with Crippen molar-refractivity contribution in [1.29, 1.82) is 0 Å². The molecule has 0 radical (unpaired) electrons. The van der Waals surface area contributed by atoms with Crippen molar-refractivity contribution in [2.75, 3.05) is 6.54 Å². The van der Waals surface area contributed by atoms with Gasteiger partial charge in [0.15, 0.2) is 6.10 Å². The molecule has 0 aromatic heterocycles. The van der Waals surface area contributed by atoms with Gasteiger partial charge in [-0.15, -0.1) is 0 Å². The van der Waals surface area contributed by atoms with E-state index in [-0.39, 0.29) is 12.5 Å². The number of rotatable bonds is 11. The van der Waals surface area contributed by atoms with Gasteiger partial charge in [-0.25, -0.2) is 4.79 Å². The van der Waals surface area contributed by atoms with Gasteiger partial charge in [-0.1, -0.05) is 45.4 Å². The predicted molar refractivity (Wildman–Crippen MR) is 69.3 cm³/mol. The monoisotopic (exact) mass is 259 g/mol. The molecule has 0 saturated carbocycles. The Balaban J connectivity index is 3.35. The number of carbonyl (C=O) groups excluding carboxylic acids is 1. The standard InChI is InChI=1S/C13H25NO4/c1-2-3-4-5-6-7-8-9-12(16)14-10-11(15)13(17)18/h11,15H,2-10H2,1H3,(H,14,16)(H,17,18)/t11-/m0/s1. The van der Waals surface area contributed by atoms with Gasteiger partial charge in [0, 0.05) is 6.42 Å². The number of nitrogens with one attached hydrogen (secondary N) is 1. The van der Waals surface area contributed by atoms with Gasteiger partial charge in [-0.3, -0.25) is 4.79 Å². The lowest BCUT2D eigenvalue weighted by molar-refractivity contribution is -0.146. The second-order valence-electron chi connectivity index (χ2n) is 4.53. The summed E-state index contributed by atoms with van der Waals surface area (Å²) in [5, 5.41) is 19.8. The van der Waals surface area contributed by atoms with Gasteiger partial charge in [-0.2, -0.15) is 0 Å². The van der Waals surface area contributed by atoms with Gasteiger partial charge >= 0.3 is 5.97 Å². The lowest BCUT2D eigenvalue weighted by Crippen LogP contribution is -2.36. The summed E-state index contributed by atoms with van der Waals surface area (Å²) >= 11 is 0. The van der Waals surface area contributed by atoms with Crippen molar-refractivity contribution < 1.29 is 19.8 Å². The quantitative estimate of drug-likeness (QED) is 0.493. The molecular weight excluding hydrogens is 234 g/mol. The van der Waals surface area contributed by atoms with Crippen LogP contribution in [0.5, 0.6) is 0 Å². The van der Waals surface area contributed by atoms with E-state index in [4.69, 9.17) is 10.2 Å². The minimum Gasteiger partial charge on any atom is -0.479 e. The molecule has 0 bridgehead atoms. The van der Waals surface area contributed by atoms with Crippen LogP contribution in [0.1, 0.15) is 58.3 Å². The molecule has 1 amide bonds. The molecule has 0 unspecified atom stereocenters. The number of amides is 1. The SMILES string of the molecule is CCCCCCCCCC(=O)NC[C@H](O)C(=O)O. The average molecular weight is 259 g/mol. The summed E-state index contributed by atoms with van der Waals surface area (Å²) < 4.78 is 0. The first-order chi connectivity index (χ1) is 8.57. The molecule has 0 spiro atoms. The fraction of sp³-hybridized carbons (Fsp3) is 0.846. The first kappa shape index (κ1) is 16.9. The summed E-state index contributed by atoms with van der Waals surface area (Å²) in [6.45, 7) is 1.96. The van der Waals surface area contributed by atoms with Gasteiger partial charge in [-0.05, 0) is 6.42 Å². The third-order valence-electron chi connectivity index (χ3n) is 2.79. The van der Waals surface area contributed by atoms with Crippen molar-refractivity contribution in [3.63, 3.8) is 0 Å². The highest BCUT2D eigenvalue weighted by molar-refractivity contribution is 5.77. The molecule has 18 heavy (non-hydrogen) atoms. The molecule has 0 aromatic carbocycles. The van der Waals surface area contributed by atoms with Gasteiger partial charge in [0.05, 0.1) is 6.54 Å². The maximum atomic E-state index is 11.3. The first-order valence-electron chi connectivity index (χ1n) is 6.75. The molecule has 0 aliphatic carbocycles.